The van der Waals surface area contributed by atoms with E-state index in [1.54, 1.807) is 18.2 Å². The smallest absolute Gasteiger partial charge is 0.274 e. The number of benzene rings is 1. The van der Waals surface area contributed by atoms with Gasteiger partial charge in [-0.3, -0.25) is 4.79 Å². The highest BCUT2D eigenvalue weighted by Gasteiger charge is 2.11. The second-order valence-corrected chi connectivity index (χ2v) is 4.10. The molecule has 1 N–H and O–H groups in total. The van der Waals surface area contributed by atoms with E-state index in [0.717, 1.165) is 0 Å². The summed E-state index contributed by atoms with van der Waals surface area (Å²) >= 11 is 0. The van der Waals surface area contributed by atoms with Gasteiger partial charge < -0.3 is 14.8 Å². The number of pyridine rings is 1. The minimum atomic E-state index is -0.702. The Morgan fingerprint density at radius 3 is 2.76 bits per heavy atom. The maximum absolute atomic E-state index is 13.0. The summed E-state index contributed by atoms with van der Waals surface area (Å²) in [5.41, 5.74) is 0.509. The van der Waals surface area contributed by atoms with Gasteiger partial charge in [0.05, 0.1) is 13.7 Å². The number of hydrogen-bond donors (Lipinski definition) is 1. The van der Waals surface area contributed by atoms with Gasteiger partial charge in [-0.15, -0.1) is 0 Å². The second-order valence-electron chi connectivity index (χ2n) is 4.10. The molecular weight excluding hydrogens is 275 g/mol. The molecule has 1 aromatic heterocycles. The third-order valence-corrected chi connectivity index (χ3v) is 2.67. The molecule has 0 aliphatic rings. The molecule has 5 nitrogen and oxygen atoms in total. The van der Waals surface area contributed by atoms with E-state index in [1.165, 1.54) is 25.3 Å². The van der Waals surface area contributed by atoms with Crippen LogP contribution in [-0.4, -0.2) is 24.6 Å². The van der Waals surface area contributed by atoms with Gasteiger partial charge in [0.15, 0.2) is 11.5 Å². The average Bonchev–Trinajstić information content (AvgIpc) is 2.49. The molecule has 2 rings (SSSR count). The molecule has 0 bridgehead atoms. The predicted molar refractivity (Wildman–Crippen MR) is 76.3 cm³/mol. The fourth-order valence-corrected chi connectivity index (χ4v) is 1.75. The molecule has 0 spiro atoms. The molecule has 0 aliphatic carbocycles. The Hall–Kier alpha value is -2.63. The maximum Gasteiger partial charge on any atom is 0.274 e. The first kappa shape index (κ1) is 14.8. The Labute approximate surface area is 121 Å². The molecule has 0 aliphatic heterocycles. The van der Waals surface area contributed by atoms with Crippen molar-refractivity contribution in [1.29, 1.82) is 0 Å². The van der Waals surface area contributed by atoms with E-state index >= 15 is 0 Å². The van der Waals surface area contributed by atoms with Crippen LogP contribution in [0.2, 0.25) is 0 Å². The van der Waals surface area contributed by atoms with Crippen molar-refractivity contribution in [3.8, 4) is 11.5 Å². The summed E-state index contributed by atoms with van der Waals surface area (Å²) in [4.78, 5) is 15.5. The molecule has 6 heteroatoms. The van der Waals surface area contributed by atoms with Crippen molar-refractivity contribution in [2.45, 2.75) is 6.92 Å². The van der Waals surface area contributed by atoms with Crippen molar-refractivity contribution in [2.24, 2.45) is 0 Å². The van der Waals surface area contributed by atoms with E-state index in [9.17, 15) is 9.18 Å². The maximum atomic E-state index is 13.0. The van der Waals surface area contributed by atoms with Crippen molar-refractivity contribution in [1.82, 2.24) is 4.98 Å². The Morgan fingerprint density at radius 1 is 1.29 bits per heavy atom. The Morgan fingerprint density at radius 2 is 2.10 bits per heavy atom. The predicted octanol–water partition coefficient (Wildman–Crippen LogP) is 2.88. The molecule has 0 radical (unpaired) electrons. The zero-order valence-electron chi connectivity index (χ0n) is 11.7. The molecule has 1 heterocycles. The third kappa shape index (κ3) is 3.68. The second kappa shape index (κ2) is 6.69. The number of aromatic nitrogens is 1. The van der Waals surface area contributed by atoms with Gasteiger partial charge in [-0.05, 0) is 31.2 Å². The van der Waals surface area contributed by atoms with Crippen LogP contribution in [-0.2, 0) is 0 Å². The standard InChI is InChI=1S/C15H15FN2O3/c1-3-21-12-8-7-10(9-13(12)20-2)17-15(19)11-5-4-6-14(16)18-11/h4-9H,3H2,1-2H3,(H,17,19). The molecule has 2 aromatic rings. The number of halogens is 1. The first-order valence-corrected chi connectivity index (χ1v) is 6.38. The normalized spacial score (nSPS) is 10.0. The molecule has 0 saturated carbocycles. The third-order valence-electron chi connectivity index (χ3n) is 2.67. The highest BCUT2D eigenvalue weighted by atomic mass is 19.1. The summed E-state index contributed by atoms with van der Waals surface area (Å²) < 4.78 is 23.6. The number of rotatable bonds is 5. The van der Waals surface area contributed by atoms with Crippen LogP contribution in [0.3, 0.4) is 0 Å². The molecule has 21 heavy (non-hydrogen) atoms. The van der Waals surface area contributed by atoms with Gasteiger partial charge in [0.1, 0.15) is 5.69 Å². The topological polar surface area (TPSA) is 60.5 Å². The fraction of sp³-hybridized carbons (Fsp3) is 0.200. The molecule has 0 saturated heterocycles. The molecule has 0 fully saturated rings. The molecule has 0 unspecified atom stereocenters. The number of carbonyl (C=O) groups excluding carboxylic acids is 1. The zero-order chi connectivity index (χ0) is 15.2. The van der Waals surface area contributed by atoms with E-state index in [4.69, 9.17) is 9.47 Å². The number of nitrogens with zero attached hydrogens (tertiary/aromatic N) is 1. The summed E-state index contributed by atoms with van der Waals surface area (Å²) in [6, 6.07) is 9.03. The van der Waals surface area contributed by atoms with Crippen LogP contribution in [0, 0.1) is 5.95 Å². The summed E-state index contributed by atoms with van der Waals surface area (Å²) in [7, 11) is 1.51. The SMILES string of the molecule is CCOc1ccc(NC(=O)c2cccc(F)n2)cc1OC. The summed E-state index contributed by atoms with van der Waals surface area (Å²) in [6.45, 7) is 2.38. The van der Waals surface area contributed by atoms with Crippen LogP contribution in [0.25, 0.3) is 0 Å². The van der Waals surface area contributed by atoms with Crippen LogP contribution in [0.4, 0.5) is 10.1 Å². The van der Waals surface area contributed by atoms with E-state index in [2.05, 4.69) is 10.3 Å². The minimum Gasteiger partial charge on any atom is -0.493 e. The number of carbonyl (C=O) groups is 1. The number of amides is 1. The monoisotopic (exact) mass is 290 g/mol. The quantitative estimate of drug-likeness (QED) is 0.860. The van der Waals surface area contributed by atoms with Gasteiger partial charge in [0, 0.05) is 11.8 Å². The van der Waals surface area contributed by atoms with Crippen molar-refractivity contribution < 1.29 is 18.7 Å². The first-order valence-electron chi connectivity index (χ1n) is 6.38. The van der Waals surface area contributed by atoms with E-state index in [-0.39, 0.29) is 5.69 Å². The number of methoxy groups -OCH3 is 1. The minimum absolute atomic E-state index is 0.00264. The van der Waals surface area contributed by atoms with Crippen molar-refractivity contribution in [3.05, 3.63) is 48.0 Å². The summed E-state index contributed by atoms with van der Waals surface area (Å²) in [6.07, 6.45) is 0. The summed E-state index contributed by atoms with van der Waals surface area (Å²) in [5, 5.41) is 2.63. The highest BCUT2D eigenvalue weighted by Crippen LogP contribution is 2.30. The van der Waals surface area contributed by atoms with Crippen LogP contribution < -0.4 is 14.8 Å². The fourth-order valence-electron chi connectivity index (χ4n) is 1.75. The summed E-state index contributed by atoms with van der Waals surface area (Å²) in [5.74, 6) is -0.114. The van der Waals surface area contributed by atoms with Gasteiger partial charge in [-0.1, -0.05) is 6.07 Å². The molecule has 0 atom stereocenters. The van der Waals surface area contributed by atoms with Gasteiger partial charge in [0.2, 0.25) is 5.95 Å². The van der Waals surface area contributed by atoms with Gasteiger partial charge in [0.25, 0.3) is 5.91 Å². The van der Waals surface area contributed by atoms with E-state index < -0.39 is 11.9 Å². The molecular formula is C15H15FN2O3. The van der Waals surface area contributed by atoms with Crippen LogP contribution in [0.15, 0.2) is 36.4 Å². The number of ether oxygens (including phenoxy) is 2. The number of hydrogen-bond acceptors (Lipinski definition) is 4. The Bertz CT molecular complexity index is 647. The lowest BCUT2D eigenvalue weighted by Gasteiger charge is -2.11. The lowest BCUT2D eigenvalue weighted by molar-refractivity contribution is 0.102. The van der Waals surface area contributed by atoms with Crippen molar-refractivity contribution >= 4 is 11.6 Å². The molecule has 110 valence electrons. The average molecular weight is 290 g/mol. The van der Waals surface area contributed by atoms with E-state index in [1.807, 2.05) is 6.92 Å². The zero-order valence-corrected chi connectivity index (χ0v) is 11.7. The first-order chi connectivity index (χ1) is 10.1. The van der Waals surface area contributed by atoms with Crippen molar-refractivity contribution in [3.63, 3.8) is 0 Å². The van der Waals surface area contributed by atoms with Crippen LogP contribution >= 0.6 is 0 Å². The van der Waals surface area contributed by atoms with Crippen LogP contribution in [0.5, 0.6) is 11.5 Å². The van der Waals surface area contributed by atoms with Crippen molar-refractivity contribution in [2.75, 3.05) is 19.0 Å². The lowest BCUT2D eigenvalue weighted by atomic mass is 10.2. The largest absolute Gasteiger partial charge is 0.493 e. The molecule has 1 amide bonds. The van der Waals surface area contributed by atoms with Gasteiger partial charge in [-0.25, -0.2) is 4.98 Å². The van der Waals surface area contributed by atoms with Gasteiger partial charge >= 0.3 is 0 Å². The van der Waals surface area contributed by atoms with Crippen LogP contribution in [0.1, 0.15) is 17.4 Å². The Kier molecular flexibility index (Phi) is 4.71. The Balaban J connectivity index is 2.17. The molecule has 1 aromatic carbocycles. The highest BCUT2D eigenvalue weighted by molar-refractivity contribution is 6.02. The number of nitrogens with one attached hydrogen (secondary N) is 1. The number of anilines is 1. The lowest BCUT2D eigenvalue weighted by Crippen LogP contribution is -2.14. The van der Waals surface area contributed by atoms with Gasteiger partial charge in [-0.2, -0.15) is 4.39 Å². The van der Waals surface area contributed by atoms with E-state index in [0.29, 0.717) is 23.8 Å².